The van der Waals surface area contributed by atoms with Crippen LogP contribution in [-0.2, 0) is 9.53 Å². The van der Waals surface area contributed by atoms with Crippen molar-refractivity contribution in [2.75, 3.05) is 6.61 Å². The number of carbonyl (C=O) groups is 1. The Morgan fingerprint density at radius 2 is 2.17 bits per heavy atom. The molecular formula is C9H14O3. The van der Waals surface area contributed by atoms with Crippen LogP contribution in [0.2, 0.25) is 0 Å². The number of rotatable bonds is 3. The lowest BCUT2D eigenvalue weighted by atomic mass is 10.0. The summed E-state index contributed by atoms with van der Waals surface area (Å²) in [5, 5.41) is 9.68. The quantitative estimate of drug-likeness (QED) is 0.508. The van der Waals surface area contributed by atoms with Crippen LogP contribution in [0.3, 0.4) is 0 Å². The second-order valence-corrected chi connectivity index (χ2v) is 3.13. The molecule has 12 heavy (non-hydrogen) atoms. The van der Waals surface area contributed by atoms with Gasteiger partial charge in [0.1, 0.15) is 6.61 Å². The summed E-state index contributed by atoms with van der Waals surface area (Å²) in [7, 11) is 0. The number of aliphatic hydroxyl groups is 1. The predicted octanol–water partition coefficient (Wildman–Crippen LogP) is 1.02. The topological polar surface area (TPSA) is 46.5 Å². The van der Waals surface area contributed by atoms with Crippen molar-refractivity contribution in [3.8, 4) is 0 Å². The number of carbonyl (C=O) groups excluding carboxylic acids is 1. The van der Waals surface area contributed by atoms with Crippen molar-refractivity contribution in [2.24, 2.45) is 0 Å². The first-order chi connectivity index (χ1) is 5.69. The van der Waals surface area contributed by atoms with Gasteiger partial charge in [-0.15, -0.1) is 0 Å². The minimum absolute atomic E-state index is 0.182. The van der Waals surface area contributed by atoms with Crippen molar-refractivity contribution >= 4 is 5.97 Å². The summed E-state index contributed by atoms with van der Waals surface area (Å²) in [6, 6.07) is 0. The van der Waals surface area contributed by atoms with E-state index in [0.29, 0.717) is 12.8 Å². The van der Waals surface area contributed by atoms with Gasteiger partial charge in [-0.05, 0) is 25.7 Å². The van der Waals surface area contributed by atoms with E-state index in [2.05, 4.69) is 6.58 Å². The van der Waals surface area contributed by atoms with Gasteiger partial charge in [0.25, 0.3) is 0 Å². The van der Waals surface area contributed by atoms with Crippen LogP contribution in [0.1, 0.15) is 25.7 Å². The van der Waals surface area contributed by atoms with E-state index >= 15 is 0 Å². The first kappa shape index (κ1) is 9.26. The summed E-state index contributed by atoms with van der Waals surface area (Å²) in [4.78, 5) is 11.2. The van der Waals surface area contributed by atoms with Gasteiger partial charge >= 0.3 is 5.97 Å². The van der Waals surface area contributed by atoms with E-state index in [1.165, 1.54) is 6.08 Å². The van der Waals surface area contributed by atoms with Crippen LogP contribution in [0, 0.1) is 0 Å². The second kappa shape index (κ2) is 3.72. The molecule has 0 unspecified atom stereocenters. The molecule has 0 aromatic carbocycles. The molecule has 1 aliphatic rings. The summed E-state index contributed by atoms with van der Waals surface area (Å²) < 4.78 is 4.77. The molecule has 1 aliphatic carbocycles. The van der Waals surface area contributed by atoms with E-state index < -0.39 is 11.6 Å². The van der Waals surface area contributed by atoms with Gasteiger partial charge in [0.15, 0.2) is 5.60 Å². The summed E-state index contributed by atoms with van der Waals surface area (Å²) in [5.41, 5.74) is -1.21. The Kier molecular flexibility index (Phi) is 2.87. The van der Waals surface area contributed by atoms with E-state index in [-0.39, 0.29) is 6.61 Å². The van der Waals surface area contributed by atoms with Gasteiger partial charge in [-0.25, -0.2) is 4.79 Å². The number of hydrogen-bond acceptors (Lipinski definition) is 3. The Morgan fingerprint density at radius 1 is 1.58 bits per heavy atom. The van der Waals surface area contributed by atoms with Gasteiger partial charge in [0, 0.05) is 0 Å². The van der Waals surface area contributed by atoms with E-state index in [1.807, 2.05) is 0 Å². The van der Waals surface area contributed by atoms with Crippen molar-refractivity contribution in [2.45, 2.75) is 31.3 Å². The fraction of sp³-hybridized carbons (Fsp3) is 0.667. The van der Waals surface area contributed by atoms with Crippen molar-refractivity contribution in [1.29, 1.82) is 0 Å². The summed E-state index contributed by atoms with van der Waals surface area (Å²) in [6.07, 6.45) is 4.36. The monoisotopic (exact) mass is 170 g/mol. The molecule has 1 fully saturated rings. The molecule has 0 spiro atoms. The minimum Gasteiger partial charge on any atom is -0.459 e. The van der Waals surface area contributed by atoms with Crippen LogP contribution in [0.25, 0.3) is 0 Å². The maximum absolute atomic E-state index is 11.2. The fourth-order valence-electron chi connectivity index (χ4n) is 1.43. The van der Waals surface area contributed by atoms with Crippen molar-refractivity contribution < 1.29 is 14.6 Å². The van der Waals surface area contributed by atoms with E-state index in [1.54, 1.807) is 0 Å². The highest BCUT2D eigenvalue weighted by molar-refractivity contribution is 5.79. The van der Waals surface area contributed by atoms with E-state index in [9.17, 15) is 9.90 Å². The van der Waals surface area contributed by atoms with Crippen LogP contribution in [-0.4, -0.2) is 23.3 Å². The zero-order valence-corrected chi connectivity index (χ0v) is 7.08. The molecule has 0 atom stereocenters. The maximum atomic E-state index is 11.2. The molecule has 0 aliphatic heterocycles. The van der Waals surface area contributed by atoms with Crippen LogP contribution < -0.4 is 0 Å². The lowest BCUT2D eigenvalue weighted by Crippen LogP contribution is -2.36. The Hall–Kier alpha value is -0.830. The second-order valence-electron chi connectivity index (χ2n) is 3.13. The van der Waals surface area contributed by atoms with Crippen molar-refractivity contribution in [1.82, 2.24) is 0 Å². The number of ether oxygens (including phenoxy) is 1. The molecule has 0 heterocycles. The van der Waals surface area contributed by atoms with Crippen molar-refractivity contribution in [3.63, 3.8) is 0 Å². The molecule has 1 N–H and O–H groups in total. The van der Waals surface area contributed by atoms with Gasteiger partial charge in [-0.1, -0.05) is 12.7 Å². The van der Waals surface area contributed by atoms with Crippen LogP contribution in [0.4, 0.5) is 0 Å². The molecule has 0 radical (unpaired) electrons. The molecular weight excluding hydrogens is 156 g/mol. The number of esters is 1. The van der Waals surface area contributed by atoms with Gasteiger partial charge in [0.05, 0.1) is 0 Å². The average Bonchev–Trinajstić information content (AvgIpc) is 2.49. The third kappa shape index (κ3) is 1.85. The lowest BCUT2D eigenvalue weighted by Gasteiger charge is -2.18. The van der Waals surface area contributed by atoms with Crippen LogP contribution in [0.5, 0.6) is 0 Å². The zero-order valence-electron chi connectivity index (χ0n) is 7.08. The largest absolute Gasteiger partial charge is 0.459 e. The average molecular weight is 170 g/mol. The Balaban J connectivity index is 2.44. The highest BCUT2D eigenvalue weighted by Gasteiger charge is 2.40. The molecule has 68 valence electrons. The number of hydrogen-bond donors (Lipinski definition) is 1. The smallest absolute Gasteiger partial charge is 0.338 e. The Morgan fingerprint density at radius 3 is 2.67 bits per heavy atom. The highest BCUT2D eigenvalue weighted by Crippen LogP contribution is 2.30. The zero-order chi connectivity index (χ0) is 9.03. The molecule has 1 saturated carbocycles. The van der Waals surface area contributed by atoms with E-state index in [0.717, 1.165) is 12.8 Å². The van der Waals surface area contributed by atoms with E-state index in [4.69, 9.17) is 4.74 Å². The molecule has 3 heteroatoms. The van der Waals surface area contributed by atoms with Gasteiger partial charge < -0.3 is 9.84 Å². The van der Waals surface area contributed by atoms with Gasteiger partial charge in [0.2, 0.25) is 0 Å². The van der Waals surface area contributed by atoms with Crippen LogP contribution >= 0.6 is 0 Å². The standard InChI is InChI=1S/C9H14O3/c1-2-7-12-8(10)9(11)5-3-4-6-9/h2,11H,1,3-7H2. The molecule has 3 nitrogen and oxygen atoms in total. The fourth-order valence-corrected chi connectivity index (χ4v) is 1.43. The molecule has 0 saturated heterocycles. The summed E-state index contributed by atoms with van der Waals surface area (Å²) in [6.45, 7) is 3.60. The predicted molar refractivity (Wildman–Crippen MR) is 44.6 cm³/mol. The third-order valence-corrected chi connectivity index (χ3v) is 2.14. The summed E-state index contributed by atoms with van der Waals surface area (Å²) in [5.74, 6) is -0.500. The SMILES string of the molecule is C=CCOC(=O)C1(O)CCCC1. The minimum atomic E-state index is -1.21. The Bertz CT molecular complexity index is 180. The first-order valence-electron chi connectivity index (χ1n) is 4.19. The molecule has 0 amide bonds. The third-order valence-electron chi connectivity index (χ3n) is 2.14. The highest BCUT2D eigenvalue weighted by atomic mass is 16.5. The Labute approximate surface area is 72.0 Å². The molecule has 0 aromatic heterocycles. The normalized spacial score (nSPS) is 20.4. The van der Waals surface area contributed by atoms with Gasteiger partial charge in [-0.2, -0.15) is 0 Å². The maximum Gasteiger partial charge on any atom is 0.338 e. The first-order valence-corrected chi connectivity index (χ1v) is 4.19. The molecule has 0 aromatic rings. The lowest BCUT2D eigenvalue weighted by molar-refractivity contribution is -0.163. The molecule has 0 bridgehead atoms. The van der Waals surface area contributed by atoms with Crippen molar-refractivity contribution in [3.05, 3.63) is 12.7 Å². The van der Waals surface area contributed by atoms with Crippen LogP contribution in [0.15, 0.2) is 12.7 Å². The van der Waals surface area contributed by atoms with Gasteiger partial charge in [-0.3, -0.25) is 0 Å². The summed E-state index contributed by atoms with van der Waals surface area (Å²) >= 11 is 0. The molecule has 1 rings (SSSR count).